The van der Waals surface area contributed by atoms with Crippen LogP contribution in [0.1, 0.15) is 31.2 Å². The molecule has 2 N–H and O–H groups in total. The summed E-state index contributed by atoms with van der Waals surface area (Å²) in [5, 5.41) is 7.12. The molecule has 1 atom stereocenters. The van der Waals surface area contributed by atoms with Crippen molar-refractivity contribution in [1.82, 2.24) is 10.6 Å². The number of rotatable bonds is 7. The number of hydrogen-bond donors (Lipinski definition) is 2. The first-order valence-electron chi connectivity index (χ1n) is 7.45. The molecule has 106 valence electrons. The van der Waals surface area contributed by atoms with Crippen LogP contribution < -0.4 is 15.4 Å². The average Bonchev–Trinajstić information content (AvgIpc) is 2.48. The number of hydrogen-bond acceptors (Lipinski definition) is 3. The highest BCUT2D eigenvalue weighted by Crippen LogP contribution is 2.12. The van der Waals surface area contributed by atoms with Gasteiger partial charge in [-0.2, -0.15) is 0 Å². The summed E-state index contributed by atoms with van der Waals surface area (Å²) in [6.45, 7) is 3.36. The monoisotopic (exact) mass is 262 g/mol. The van der Waals surface area contributed by atoms with Gasteiger partial charge < -0.3 is 15.4 Å². The van der Waals surface area contributed by atoms with Gasteiger partial charge in [-0.25, -0.2) is 0 Å². The quantitative estimate of drug-likeness (QED) is 0.740. The summed E-state index contributed by atoms with van der Waals surface area (Å²) in [7, 11) is 1.72. The lowest BCUT2D eigenvalue weighted by molar-refractivity contribution is 0.377. The van der Waals surface area contributed by atoms with E-state index >= 15 is 0 Å². The second-order valence-corrected chi connectivity index (χ2v) is 5.29. The zero-order chi connectivity index (χ0) is 13.3. The normalized spacial score (nSPS) is 19.3. The van der Waals surface area contributed by atoms with E-state index in [4.69, 9.17) is 4.74 Å². The number of benzene rings is 1. The maximum Gasteiger partial charge on any atom is 0.119 e. The van der Waals surface area contributed by atoms with Crippen LogP contribution in [0.2, 0.25) is 0 Å². The molecule has 1 heterocycles. The summed E-state index contributed by atoms with van der Waals surface area (Å²) in [4.78, 5) is 0. The van der Waals surface area contributed by atoms with E-state index in [0.717, 1.165) is 31.3 Å². The molecule has 2 rings (SSSR count). The van der Waals surface area contributed by atoms with Crippen molar-refractivity contribution in [2.45, 2.75) is 38.1 Å². The minimum absolute atomic E-state index is 0.734. The molecular weight excluding hydrogens is 236 g/mol. The van der Waals surface area contributed by atoms with E-state index < -0.39 is 0 Å². The fraction of sp³-hybridized carbons (Fsp3) is 0.625. The van der Waals surface area contributed by atoms with E-state index in [0.29, 0.717) is 0 Å². The van der Waals surface area contributed by atoms with Gasteiger partial charge in [0.15, 0.2) is 0 Å². The molecule has 1 aromatic rings. The Morgan fingerprint density at radius 1 is 1.32 bits per heavy atom. The van der Waals surface area contributed by atoms with E-state index in [2.05, 4.69) is 28.8 Å². The van der Waals surface area contributed by atoms with Crippen LogP contribution in [-0.4, -0.2) is 32.8 Å². The lowest BCUT2D eigenvalue weighted by Gasteiger charge is -2.23. The molecule has 0 spiro atoms. The Morgan fingerprint density at radius 2 is 2.26 bits per heavy atom. The van der Waals surface area contributed by atoms with Crippen LogP contribution in [0.4, 0.5) is 0 Å². The molecule has 3 heteroatoms. The first kappa shape index (κ1) is 14.4. The molecule has 0 bridgehead atoms. The van der Waals surface area contributed by atoms with Gasteiger partial charge in [-0.15, -0.1) is 0 Å². The van der Waals surface area contributed by atoms with Crippen LogP contribution in [0.3, 0.4) is 0 Å². The maximum absolute atomic E-state index is 5.23. The molecule has 1 unspecified atom stereocenters. The van der Waals surface area contributed by atoms with Gasteiger partial charge >= 0.3 is 0 Å². The van der Waals surface area contributed by atoms with E-state index in [-0.39, 0.29) is 0 Å². The van der Waals surface area contributed by atoms with Crippen LogP contribution >= 0.6 is 0 Å². The summed E-state index contributed by atoms with van der Waals surface area (Å²) >= 11 is 0. The molecule has 0 saturated carbocycles. The van der Waals surface area contributed by atoms with Crippen LogP contribution in [0.15, 0.2) is 24.3 Å². The largest absolute Gasteiger partial charge is 0.497 e. The molecule has 0 radical (unpaired) electrons. The van der Waals surface area contributed by atoms with E-state index in [1.54, 1.807) is 7.11 Å². The fourth-order valence-corrected chi connectivity index (χ4v) is 2.63. The summed E-state index contributed by atoms with van der Waals surface area (Å²) in [5.74, 6) is 0.948. The fourth-order valence-electron chi connectivity index (χ4n) is 2.63. The summed E-state index contributed by atoms with van der Waals surface area (Å²) in [5.41, 5.74) is 1.34. The van der Waals surface area contributed by atoms with Crippen LogP contribution in [0, 0.1) is 0 Å². The molecule has 3 nitrogen and oxygen atoms in total. The van der Waals surface area contributed by atoms with Gasteiger partial charge in [-0.3, -0.25) is 0 Å². The van der Waals surface area contributed by atoms with E-state index in [1.807, 2.05) is 6.07 Å². The molecule has 1 saturated heterocycles. The third-order valence-corrected chi connectivity index (χ3v) is 3.81. The predicted molar refractivity (Wildman–Crippen MR) is 79.8 cm³/mol. The Hall–Kier alpha value is -1.06. The van der Waals surface area contributed by atoms with Crippen LogP contribution in [0.25, 0.3) is 0 Å². The van der Waals surface area contributed by atoms with E-state index in [1.165, 1.54) is 37.8 Å². The van der Waals surface area contributed by atoms with Crippen molar-refractivity contribution in [3.05, 3.63) is 29.8 Å². The minimum Gasteiger partial charge on any atom is -0.497 e. The zero-order valence-corrected chi connectivity index (χ0v) is 12.0. The molecule has 0 aliphatic carbocycles. The Kier molecular flexibility index (Phi) is 6.18. The molecule has 19 heavy (non-hydrogen) atoms. The molecular formula is C16H26N2O. The lowest BCUT2D eigenvalue weighted by Crippen LogP contribution is -2.36. The summed E-state index contributed by atoms with van der Waals surface area (Å²) in [6, 6.07) is 9.06. The average molecular weight is 262 g/mol. The molecule has 0 amide bonds. The van der Waals surface area contributed by atoms with Crippen molar-refractivity contribution < 1.29 is 4.74 Å². The number of nitrogens with one attached hydrogen (secondary N) is 2. The second-order valence-electron chi connectivity index (χ2n) is 5.29. The molecule has 1 aliphatic heterocycles. The van der Waals surface area contributed by atoms with Crippen LogP contribution in [-0.2, 0) is 6.42 Å². The second kappa shape index (κ2) is 8.18. The topological polar surface area (TPSA) is 33.3 Å². The Bertz CT molecular complexity index is 362. The van der Waals surface area contributed by atoms with Crippen molar-refractivity contribution in [1.29, 1.82) is 0 Å². The third-order valence-electron chi connectivity index (χ3n) is 3.81. The van der Waals surface area contributed by atoms with Gasteiger partial charge in [0.2, 0.25) is 0 Å². The highest BCUT2D eigenvalue weighted by molar-refractivity contribution is 5.28. The number of ether oxygens (including phenoxy) is 1. The molecule has 1 aliphatic rings. The van der Waals surface area contributed by atoms with Gasteiger partial charge in [-0.1, -0.05) is 18.6 Å². The van der Waals surface area contributed by atoms with Gasteiger partial charge in [-0.05, 0) is 63.0 Å². The zero-order valence-electron chi connectivity index (χ0n) is 12.0. The molecule has 1 aromatic carbocycles. The SMILES string of the molecule is COc1cccc(CCNCCC2CCCCN2)c1. The van der Waals surface area contributed by atoms with Gasteiger partial charge in [0.05, 0.1) is 7.11 Å². The first-order chi connectivity index (χ1) is 9.38. The van der Waals surface area contributed by atoms with Crippen molar-refractivity contribution in [2.24, 2.45) is 0 Å². The highest BCUT2D eigenvalue weighted by Gasteiger charge is 2.11. The van der Waals surface area contributed by atoms with Crippen molar-refractivity contribution >= 4 is 0 Å². The maximum atomic E-state index is 5.23. The molecule has 0 aromatic heterocycles. The lowest BCUT2D eigenvalue weighted by atomic mass is 10.0. The summed E-state index contributed by atoms with van der Waals surface area (Å²) in [6.07, 6.45) is 6.40. The molecule has 1 fully saturated rings. The van der Waals surface area contributed by atoms with Crippen molar-refractivity contribution in [3.63, 3.8) is 0 Å². The third kappa shape index (κ3) is 5.21. The van der Waals surface area contributed by atoms with E-state index in [9.17, 15) is 0 Å². The van der Waals surface area contributed by atoms with Crippen molar-refractivity contribution in [3.8, 4) is 5.75 Å². The highest BCUT2D eigenvalue weighted by atomic mass is 16.5. The minimum atomic E-state index is 0.734. The Morgan fingerprint density at radius 3 is 3.05 bits per heavy atom. The van der Waals surface area contributed by atoms with Gasteiger partial charge in [0.25, 0.3) is 0 Å². The number of piperidine rings is 1. The Labute approximate surface area is 116 Å². The smallest absolute Gasteiger partial charge is 0.119 e. The van der Waals surface area contributed by atoms with Crippen molar-refractivity contribution in [2.75, 3.05) is 26.7 Å². The van der Waals surface area contributed by atoms with Gasteiger partial charge in [0.1, 0.15) is 5.75 Å². The first-order valence-corrected chi connectivity index (χ1v) is 7.45. The summed E-state index contributed by atoms with van der Waals surface area (Å²) < 4.78 is 5.23. The predicted octanol–water partition coefficient (Wildman–Crippen LogP) is 2.36. The standard InChI is InChI=1S/C16H26N2O/c1-19-16-7-4-5-14(13-16)8-11-17-12-9-15-6-2-3-10-18-15/h4-5,7,13,15,17-18H,2-3,6,8-12H2,1H3. The Balaban J connectivity index is 1.58. The van der Waals surface area contributed by atoms with Gasteiger partial charge in [0, 0.05) is 6.04 Å². The number of methoxy groups -OCH3 is 1. The van der Waals surface area contributed by atoms with Crippen LogP contribution in [0.5, 0.6) is 5.75 Å².